The molecular weight excluding hydrogens is 635 g/mol. The molecule has 1 aromatic heterocycles. The maximum Gasteiger partial charge on any atom is 0.248 e. The van der Waals surface area contributed by atoms with E-state index in [0.29, 0.717) is 61.7 Å². The van der Waals surface area contributed by atoms with E-state index in [2.05, 4.69) is 39.0 Å². The standard InChI is InChI=1S/C36H36Cl2N6O3/c1-44-14-10-28(11-15-44)47-34-19-31-29(18-32(34)43-35(45)16-23-8-12-40-13-9-23)36(25(20-39)21-41-31)42-27-6-7-33(30(38)17-27)46-22-24-2-4-26(37)5-3-24/h2-7,16-19,21,28,40H,8-15,22H2,1H3,(H,41,42)(H,43,45). The fourth-order valence-corrected chi connectivity index (χ4v) is 6.11. The Labute approximate surface area is 284 Å². The summed E-state index contributed by atoms with van der Waals surface area (Å²) in [4.78, 5) is 20.1. The van der Waals surface area contributed by atoms with E-state index >= 15 is 0 Å². The number of hydrogen-bond donors (Lipinski definition) is 3. The van der Waals surface area contributed by atoms with Crippen LogP contribution in [0.25, 0.3) is 10.9 Å². The van der Waals surface area contributed by atoms with Crippen molar-refractivity contribution in [3.63, 3.8) is 0 Å². The quantitative estimate of drug-likeness (QED) is 0.157. The van der Waals surface area contributed by atoms with Gasteiger partial charge in [-0.3, -0.25) is 9.78 Å². The molecule has 2 aliphatic rings. The van der Waals surface area contributed by atoms with Crippen molar-refractivity contribution in [1.82, 2.24) is 15.2 Å². The molecule has 0 radical (unpaired) electrons. The van der Waals surface area contributed by atoms with E-state index in [9.17, 15) is 10.1 Å². The average molecular weight is 672 g/mol. The largest absolute Gasteiger partial charge is 0.488 e. The molecule has 3 heterocycles. The molecule has 6 rings (SSSR count). The van der Waals surface area contributed by atoms with Crippen LogP contribution in [0.4, 0.5) is 17.1 Å². The van der Waals surface area contributed by atoms with Crippen molar-refractivity contribution in [2.45, 2.75) is 38.4 Å². The van der Waals surface area contributed by atoms with E-state index in [1.807, 2.05) is 42.5 Å². The van der Waals surface area contributed by atoms with Crippen LogP contribution in [0.3, 0.4) is 0 Å². The number of carbonyl (C=O) groups is 1. The monoisotopic (exact) mass is 670 g/mol. The molecule has 9 nitrogen and oxygen atoms in total. The van der Waals surface area contributed by atoms with Gasteiger partial charge in [-0.15, -0.1) is 0 Å². The molecule has 0 saturated carbocycles. The minimum Gasteiger partial charge on any atom is -0.488 e. The number of amides is 1. The summed E-state index contributed by atoms with van der Waals surface area (Å²) in [5, 5.41) is 21.5. The molecule has 242 valence electrons. The predicted octanol–water partition coefficient (Wildman–Crippen LogP) is 7.46. The SMILES string of the molecule is CN1CCC(Oc2cc3ncc(C#N)c(Nc4ccc(OCc5ccc(Cl)cc5)c(Cl)c4)c3cc2NC(=O)C=C2CCNCC2)CC1. The third-order valence-electron chi connectivity index (χ3n) is 8.40. The topological polar surface area (TPSA) is 112 Å². The van der Waals surface area contributed by atoms with Crippen LogP contribution in [-0.4, -0.2) is 55.1 Å². The van der Waals surface area contributed by atoms with Crippen LogP contribution in [0.15, 0.2) is 72.4 Å². The molecule has 0 bridgehead atoms. The van der Waals surface area contributed by atoms with Crippen molar-refractivity contribution in [3.05, 3.63) is 93.6 Å². The summed E-state index contributed by atoms with van der Waals surface area (Å²) >= 11 is 12.6. The van der Waals surface area contributed by atoms with Gasteiger partial charge >= 0.3 is 0 Å². The van der Waals surface area contributed by atoms with Crippen LogP contribution in [-0.2, 0) is 11.4 Å². The van der Waals surface area contributed by atoms with Gasteiger partial charge in [-0.2, -0.15) is 5.26 Å². The fourth-order valence-electron chi connectivity index (χ4n) is 5.74. The number of nitriles is 1. The van der Waals surface area contributed by atoms with Crippen LogP contribution in [0.2, 0.25) is 10.0 Å². The number of likely N-dealkylation sites (tertiary alicyclic amines) is 1. The van der Waals surface area contributed by atoms with Gasteiger partial charge in [0.1, 0.15) is 30.3 Å². The van der Waals surface area contributed by atoms with E-state index in [-0.39, 0.29) is 12.0 Å². The number of benzene rings is 3. The highest BCUT2D eigenvalue weighted by Crippen LogP contribution is 2.38. The number of rotatable bonds is 9. The number of fused-ring (bicyclic) bond motifs is 1. The second-order valence-corrected chi connectivity index (χ2v) is 12.7. The normalized spacial score (nSPS) is 15.6. The molecule has 0 unspecified atom stereocenters. The number of aromatic nitrogens is 1. The van der Waals surface area contributed by atoms with Crippen LogP contribution in [0.1, 0.15) is 36.8 Å². The lowest BCUT2D eigenvalue weighted by Gasteiger charge is -2.30. The smallest absolute Gasteiger partial charge is 0.248 e. The Morgan fingerprint density at radius 3 is 2.57 bits per heavy atom. The lowest BCUT2D eigenvalue weighted by atomic mass is 10.0. The van der Waals surface area contributed by atoms with Gasteiger partial charge in [0.2, 0.25) is 5.91 Å². The molecule has 0 aliphatic carbocycles. The maximum absolute atomic E-state index is 13.2. The number of nitrogens with zero attached hydrogens (tertiary/aromatic N) is 3. The zero-order valence-electron chi connectivity index (χ0n) is 26.1. The lowest BCUT2D eigenvalue weighted by Crippen LogP contribution is -2.35. The van der Waals surface area contributed by atoms with E-state index in [4.69, 9.17) is 32.7 Å². The van der Waals surface area contributed by atoms with Crippen molar-refractivity contribution >= 4 is 57.1 Å². The Morgan fingerprint density at radius 1 is 1.09 bits per heavy atom. The number of hydrogen-bond acceptors (Lipinski definition) is 8. The molecule has 47 heavy (non-hydrogen) atoms. The van der Waals surface area contributed by atoms with Crippen LogP contribution >= 0.6 is 23.2 Å². The molecule has 1 amide bonds. The van der Waals surface area contributed by atoms with Crippen molar-refractivity contribution < 1.29 is 14.3 Å². The highest BCUT2D eigenvalue weighted by Gasteiger charge is 2.22. The summed E-state index contributed by atoms with van der Waals surface area (Å²) in [6, 6.07) is 18.7. The van der Waals surface area contributed by atoms with Crippen molar-refractivity contribution in [2.24, 2.45) is 0 Å². The van der Waals surface area contributed by atoms with Gasteiger partial charge in [0, 0.05) is 47.5 Å². The summed E-state index contributed by atoms with van der Waals surface area (Å²) in [6.45, 7) is 3.92. The Balaban J connectivity index is 1.30. The molecule has 3 aromatic carbocycles. The Morgan fingerprint density at radius 2 is 1.85 bits per heavy atom. The molecule has 2 saturated heterocycles. The first kappa shape index (κ1) is 32.6. The second kappa shape index (κ2) is 15.1. The minimum absolute atomic E-state index is 0.0145. The number of anilines is 3. The molecule has 2 aliphatic heterocycles. The molecule has 0 spiro atoms. The third-order valence-corrected chi connectivity index (χ3v) is 8.94. The van der Waals surface area contributed by atoms with Crippen LogP contribution < -0.4 is 25.4 Å². The van der Waals surface area contributed by atoms with Gasteiger partial charge in [0.05, 0.1) is 27.5 Å². The maximum atomic E-state index is 13.2. The van der Waals surface area contributed by atoms with Crippen molar-refractivity contribution in [1.29, 1.82) is 5.26 Å². The summed E-state index contributed by atoms with van der Waals surface area (Å²) in [5.41, 5.74) is 4.76. The molecule has 4 aromatic rings. The number of nitrogens with one attached hydrogen (secondary N) is 3. The first-order valence-electron chi connectivity index (χ1n) is 15.7. The van der Waals surface area contributed by atoms with Gasteiger partial charge in [0.25, 0.3) is 0 Å². The number of halogens is 2. The fraction of sp³-hybridized carbons (Fsp3) is 0.306. The highest BCUT2D eigenvalue weighted by molar-refractivity contribution is 6.32. The minimum atomic E-state index is -0.214. The average Bonchev–Trinajstić information content (AvgIpc) is 3.07. The zero-order valence-corrected chi connectivity index (χ0v) is 27.6. The Hall–Kier alpha value is -4.33. The molecule has 2 fully saturated rings. The van der Waals surface area contributed by atoms with Crippen molar-refractivity contribution in [3.8, 4) is 17.6 Å². The van der Waals surface area contributed by atoms with Gasteiger partial charge in [0.15, 0.2) is 0 Å². The van der Waals surface area contributed by atoms with Crippen LogP contribution in [0, 0.1) is 11.3 Å². The number of pyridine rings is 1. The number of carbonyl (C=O) groups excluding carboxylic acids is 1. The second-order valence-electron chi connectivity index (χ2n) is 11.9. The molecule has 3 N–H and O–H groups in total. The predicted molar refractivity (Wildman–Crippen MR) is 187 cm³/mol. The van der Waals surface area contributed by atoms with E-state index in [1.165, 1.54) is 6.20 Å². The van der Waals surface area contributed by atoms with Crippen molar-refractivity contribution in [2.75, 3.05) is 43.9 Å². The summed E-state index contributed by atoms with van der Waals surface area (Å²) in [7, 11) is 2.10. The Bertz CT molecular complexity index is 1820. The lowest BCUT2D eigenvalue weighted by molar-refractivity contribution is -0.112. The van der Waals surface area contributed by atoms with Crippen LogP contribution in [0.5, 0.6) is 11.5 Å². The summed E-state index contributed by atoms with van der Waals surface area (Å²) in [5.74, 6) is 0.864. The first-order valence-corrected chi connectivity index (χ1v) is 16.5. The van der Waals surface area contributed by atoms with E-state index in [1.54, 1.807) is 18.2 Å². The molecular formula is C36H36Cl2N6O3. The summed E-state index contributed by atoms with van der Waals surface area (Å²) < 4.78 is 12.4. The van der Waals surface area contributed by atoms with Gasteiger partial charge in [-0.25, -0.2) is 0 Å². The summed E-state index contributed by atoms with van der Waals surface area (Å²) in [6.07, 6.45) is 6.67. The molecule has 11 heteroatoms. The van der Waals surface area contributed by atoms with Gasteiger partial charge in [-0.1, -0.05) is 40.9 Å². The zero-order chi connectivity index (χ0) is 32.8. The van der Waals surface area contributed by atoms with E-state index in [0.717, 1.165) is 63.0 Å². The van der Waals surface area contributed by atoms with Gasteiger partial charge < -0.3 is 30.3 Å². The number of ether oxygens (including phenoxy) is 2. The van der Waals surface area contributed by atoms with Gasteiger partial charge in [-0.05, 0) is 87.8 Å². The highest BCUT2D eigenvalue weighted by atomic mass is 35.5. The first-order chi connectivity index (χ1) is 22.8. The third kappa shape index (κ3) is 8.34. The number of piperidine rings is 2. The van der Waals surface area contributed by atoms with E-state index < -0.39 is 0 Å². The molecule has 0 atom stereocenters. The Kier molecular flexibility index (Phi) is 10.4.